The van der Waals surface area contributed by atoms with Gasteiger partial charge in [-0.1, -0.05) is 0 Å². The third-order valence-corrected chi connectivity index (χ3v) is 5.04. The summed E-state index contributed by atoms with van der Waals surface area (Å²) in [7, 11) is -3.40. The van der Waals surface area contributed by atoms with E-state index in [1.807, 2.05) is 0 Å². The summed E-state index contributed by atoms with van der Waals surface area (Å²) in [6.07, 6.45) is 1.70. The lowest BCUT2D eigenvalue weighted by atomic mass is 9.99. The van der Waals surface area contributed by atoms with E-state index in [-0.39, 0.29) is 0 Å². The van der Waals surface area contributed by atoms with E-state index >= 15 is 0 Å². The second kappa shape index (κ2) is 6.27. The first-order chi connectivity index (χ1) is 8.62. The van der Waals surface area contributed by atoms with Crippen molar-refractivity contribution >= 4 is 10.2 Å². The summed E-state index contributed by atoms with van der Waals surface area (Å²) >= 11 is 0. The Hall–Kier alpha value is -0.250. The Morgan fingerprint density at radius 2 is 1.78 bits per heavy atom. The molecule has 0 unspecified atom stereocenters. The van der Waals surface area contributed by atoms with E-state index in [4.69, 9.17) is 10.5 Å². The number of piperidine rings is 1. The lowest BCUT2D eigenvalue weighted by Gasteiger charge is -2.33. The zero-order valence-electron chi connectivity index (χ0n) is 10.5. The highest BCUT2D eigenvalue weighted by Gasteiger charge is 2.29. The molecular formula is C10H22N4O3S. The second-order valence-electron chi connectivity index (χ2n) is 4.77. The quantitative estimate of drug-likeness (QED) is 0.670. The van der Waals surface area contributed by atoms with Crippen molar-refractivity contribution in [1.29, 1.82) is 0 Å². The first-order valence-corrected chi connectivity index (χ1v) is 7.86. The fourth-order valence-corrected chi connectivity index (χ4v) is 3.58. The van der Waals surface area contributed by atoms with Gasteiger partial charge in [-0.2, -0.15) is 12.7 Å². The molecule has 2 saturated heterocycles. The van der Waals surface area contributed by atoms with E-state index in [1.165, 1.54) is 4.31 Å². The lowest BCUT2D eigenvalue weighted by molar-refractivity contribution is 0.0259. The number of rotatable bonds is 4. The molecule has 0 amide bonds. The van der Waals surface area contributed by atoms with E-state index in [9.17, 15) is 8.42 Å². The molecule has 2 aliphatic heterocycles. The van der Waals surface area contributed by atoms with Gasteiger partial charge in [-0.05, 0) is 25.3 Å². The SMILES string of the molecule is NCC1CCN(S(=O)(=O)NN2CCOCC2)CC1. The van der Waals surface area contributed by atoms with Crippen LogP contribution in [0.5, 0.6) is 0 Å². The standard InChI is InChI=1S/C10H22N4O3S/c11-9-10-1-3-14(4-2-10)18(15,16)12-13-5-7-17-8-6-13/h10,12H,1-9,11H2. The molecule has 0 radical (unpaired) electrons. The Morgan fingerprint density at radius 3 is 2.33 bits per heavy atom. The van der Waals surface area contributed by atoms with Crippen molar-refractivity contribution in [2.24, 2.45) is 11.7 Å². The van der Waals surface area contributed by atoms with Crippen LogP contribution >= 0.6 is 0 Å². The molecule has 3 N–H and O–H groups in total. The average Bonchev–Trinajstić information content (AvgIpc) is 2.39. The number of hydrazine groups is 1. The number of nitrogens with zero attached hydrogens (tertiary/aromatic N) is 2. The number of ether oxygens (including phenoxy) is 1. The maximum atomic E-state index is 12.1. The highest BCUT2D eigenvalue weighted by atomic mass is 32.2. The van der Waals surface area contributed by atoms with Crippen molar-refractivity contribution in [3.8, 4) is 0 Å². The van der Waals surface area contributed by atoms with Crippen LogP contribution in [0, 0.1) is 5.92 Å². The van der Waals surface area contributed by atoms with Crippen molar-refractivity contribution in [3.05, 3.63) is 0 Å². The Morgan fingerprint density at radius 1 is 1.17 bits per heavy atom. The lowest BCUT2D eigenvalue weighted by Crippen LogP contribution is -2.54. The van der Waals surface area contributed by atoms with Crippen LogP contribution in [0.3, 0.4) is 0 Å². The van der Waals surface area contributed by atoms with Gasteiger partial charge in [0.05, 0.1) is 13.2 Å². The molecule has 2 aliphatic rings. The van der Waals surface area contributed by atoms with Crippen LogP contribution in [0.15, 0.2) is 0 Å². The van der Waals surface area contributed by atoms with Crippen LogP contribution in [-0.2, 0) is 14.9 Å². The maximum Gasteiger partial charge on any atom is 0.292 e. The van der Waals surface area contributed by atoms with E-state index in [1.54, 1.807) is 5.01 Å². The second-order valence-corrected chi connectivity index (χ2v) is 6.42. The Kier molecular flexibility index (Phi) is 4.93. The Labute approximate surface area is 108 Å². The molecule has 0 spiro atoms. The summed E-state index contributed by atoms with van der Waals surface area (Å²) in [4.78, 5) is 2.62. The highest BCUT2D eigenvalue weighted by Crippen LogP contribution is 2.17. The molecule has 2 rings (SSSR count). The van der Waals surface area contributed by atoms with E-state index in [0.29, 0.717) is 51.9 Å². The van der Waals surface area contributed by atoms with Crippen molar-refractivity contribution in [3.63, 3.8) is 0 Å². The van der Waals surface area contributed by atoms with Gasteiger partial charge >= 0.3 is 0 Å². The third kappa shape index (κ3) is 3.62. The maximum absolute atomic E-state index is 12.1. The fraction of sp³-hybridized carbons (Fsp3) is 1.00. The van der Waals surface area contributed by atoms with Gasteiger partial charge in [-0.25, -0.2) is 5.01 Å². The van der Waals surface area contributed by atoms with Crippen molar-refractivity contribution in [1.82, 2.24) is 14.1 Å². The third-order valence-electron chi connectivity index (χ3n) is 3.50. The number of nitrogens with one attached hydrogen (secondary N) is 1. The molecule has 2 heterocycles. The van der Waals surface area contributed by atoms with Gasteiger partial charge in [0.1, 0.15) is 0 Å². The first-order valence-electron chi connectivity index (χ1n) is 6.42. The molecule has 0 aromatic rings. The van der Waals surface area contributed by atoms with Crippen molar-refractivity contribution in [2.75, 3.05) is 45.9 Å². The molecular weight excluding hydrogens is 256 g/mol. The molecule has 0 aliphatic carbocycles. The minimum atomic E-state index is -3.40. The summed E-state index contributed by atoms with van der Waals surface area (Å²) in [6, 6.07) is 0. The molecule has 0 saturated carbocycles. The minimum Gasteiger partial charge on any atom is -0.379 e. The van der Waals surface area contributed by atoms with Crippen LogP contribution in [0.2, 0.25) is 0 Å². The van der Waals surface area contributed by atoms with Crippen molar-refractivity contribution in [2.45, 2.75) is 12.8 Å². The van der Waals surface area contributed by atoms with Crippen LogP contribution < -0.4 is 10.6 Å². The zero-order chi connectivity index (χ0) is 13.0. The summed E-state index contributed by atoms with van der Waals surface area (Å²) in [5.41, 5.74) is 5.60. The van der Waals surface area contributed by atoms with E-state index in [0.717, 1.165) is 12.8 Å². The average molecular weight is 278 g/mol. The number of nitrogens with two attached hydrogens (primary N) is 1. The number of hydrogen-bond acceptors (Lipinski definition) is 5. The summed E-state index contributed by atoms with van der Waals surface area (Å²) in [5, 5.41) is 1.70. The fourth-order valence-electron chi connectivity index (χ4n) is 2.26. The molecule has 0 atom stereocenters. The smallest absolute Gasteiger partial charge is 0.292 e. The molecule has 0 aromatic carbocycles. The normalized spacial score (nSPS) is 25.4. The monoisotopic (exact) mass is 278 g/mol. The van der Waals surface area contributed by atoms with Gasteiger partial charge in [-0.3, -0.25) is 0 Å². The topological polar surface area (TPSA) is 87.9 Å². The number of morpholine rings is 1. The van der Waals surface area contributed by atoms with Gasteiger partial charge in [0.15, 0.2) is 0 Å². The van der Waals surface area contributed by atoms with Gasteiger partial charge in [0, 0.05) is 26.2 Å². The summed E-state index contributed by atoms with van der Waals surface area (Å²) in [5.74, 6) is 0.458. The number of hydrogen-bond donors (Lipinski definition) is 2. The van der Waals surface area contributed by atoms with Gasteiger partial charge < -0.3 is 10.5 Å². The molecule has 8 heteroatoms. The van der Waals surface area contributed by atoms with Gasteiger partial charge in [-0.15, -0.1) is 4.83 Å². The van der Waals surface area contributed by atoms with E-state index in [2.05, 4.69) is 4.83 Å². The summed E-state index contributed by atoms with van der Waals surface area (Å²) < 4.78 is 31.0. The first kappa shape index (κ1) is 14.2. The van der Waals surface area contributed by atoms with Gasteiger partial charge in [0.2, 0.25) is 0 Å². The molecule has 106 valence electrons. The molecule has 7 nitrogen and oxygen atoms in total. The van der Waals surface area contributed by atoms with Crippen molar-refractivity contribution < 1.29 is 13.2 Å². The summed E-state index contributed by atoms with van der Waals surface area (Å²) in [6.45, 7) is 4.08. The van der Waals surface area contributed by atoms with Gasteiger partial charge in [0.25, 0.3) is 10.2 Å². The molecule has 18 heavy (non-hydrogen) atoms. The van der Waals surface area contributed by atoms with E-state index < -0.39 is 10.2 Å². The largest absolute Gasteiger partial charge is 0.379 e. The molecule has 0 aromatic heterocycles. The molecule has 0 bridgehead atoms. The van der Waals surface area contributed by atoms with Crippen LogP contribution in [0.1, 0.15) is 12.8 Å². The molecule has 2 fully saturated rings. The predicted molar refractivity (Wildman–Crippen MR) is 67.8 cm³/mol. The van der Waals surface area contributed by atoms with Crippen LogP contribution in [-0.4, -0.2) is 63.7 Å². The highest BCUT2D eigenvalue weighted by molar-refractivity contribution is 7.87. The Balaban J connectivity index is 1.86. The van der Waals surface area contributed by atoms with Crippen LogP contribution in [0.25, 0.3) is 0 Å². The predicted octanol–water partition coefficient (Wildman–Crippen LogP) is -1.26. The minimum absolute atomic E-state index is 0.458. The Bertz CT molecular complexity index is 348. The zero-order valence-corrected chi connectivity index (χ0v) is 11.4. The van der Waals surface area contributed by atoms with Crippen LogP contribution in [0.4, 0.5) is 0 Å².